The van der Waals surface area contributed by atoms with E-state index in [2.05, 4.69) is 20.7 Å². The van der Waals surface area contributed by atoms with Gasteiger partial charge in [-0.15, -0.1) is 0 Å². The van der Waals surface area contributed by atoms with Crippen LogP contribution in [-0.2, 0) is 29.1 Å². The molecule has 0 saturated heterocycles. The Hall–Kier alpha value is -4.00. The second-order valence-corrected chi connectivity index (χ2v) is 8.73. The Kier molecular flexibility index (Phi) is 7.32. The van der Waals surface area contributed by atoms with Crippen LogP contribution in [0.5, 0.6) is 0 Å². The number of hydrogen-bond acceptors (Lipinski definition) is 4. The van der Waals surface area contributed by atoms with Crippen molar-refractivity contribution in [1.29, 1.82) is 0 Å². The van der Waals surface area contributed by atoms with Crippen LogP contribution in [0.25, 0.3) is 10.8 Å². The van der Waals surface area contributed by atoms with E-state index in [1.165, 1.54) is 6.33 Å². The molecule has 7 nitrogen and oxygen atoms in total. The normalized spacial score (nSPS) is 12.0. The third-order valence-corrected chi connectivity index (χ3v) is 5.81. The van der Waals surface area contributed by atoms with Gasteiger partial charge in [0.2, 0.25) is 11.8 Å². The summed E-state index contributed by atoms with van der Waals surface area (Å²) in [5.74, 6) is -0.418. The zero-order valence-corrected chi connectivity index (χ0v) is 19.4. The van der Waals surface area contributed by atoms with E-state index in [0.29, 0.717) is 13.1 Å². The van der Waals surface area contributed by atoms with Gasteiger partial charge in [0.05, 0.1) is 13.0 Å². The van der Waals surface area contributed by atoms with E-state index in [-0.39, 0.29) is 24.2 Å². The number of hydrogen-bond donors (Lipinski definition) is 2. The summed E-state index contributed by atoms with van der Waals surface area (Å²) in [7, 11) is 0. The molecule has 0 saturated carbocycles. The van der Waals surface area contributed by atoms with E-state index in [0.717, 1.165) is 27.5 Å². The first-order chi connectivity index (χ1) is 16.5. The van der Waals surface area contributed by atoms with Crippen molar-refractivity contribution in [3.8, 4) is 0 Å². The minimum absolute atomic E-state index is 0.0501. The molecule has 0 fully saturated rings. The molecule has 3 aromatic carbocycles. The molecule has 34 heavy (non-hydrogen) atoms. The van der Waals surface area contributed by atoms with Crippen LogP contribution in [0.2, 0.25) is 0 Å². The van der Waals surface area contributed by atoms with Gasteiger partial charge in [-0.1, -0.05) is 80.6 Å². The molecule has 0 aliphatic heterocycles. The van der Waals surface area contributed by atoms with Crippen molar-refractivity contribution in [2.45, 2.75) is 39.4 Å². The van der Waals surface area contributed by atoms with Crippen molar-refractivity contribution < 1.29 is 9.59 Å². The number of amides is 2. The predicted octanol–water partition coefficient (Wildman–Crippen LogP) is 3.48. The summed E-state index contributed by atoms with van der Waals surface area (Å²) in [6.45, 7) is 4.80. The lowest BCUT2D eigenvalue weighted by atomic mass is 10.0. The lowest BCUT2D eigenvalue weighted by molar-refractivity contribution is -0.129. The van der Waals surface area contributed by atoms with Gasteiger partial charge in [0.15, 0.2) is 0 Å². The topological polar surface area (TPSA) is 88.9 Å². The second-order valence-electron chi connectivity index (χ2n) is 8.73. The Labute approximate surface area is 199 Å². The average Bonchev–Trinajstić information content (AvgIpc) is 3.34. The minimum Gasteiger partial charge on any atom is -0.350 e. The molecule has 1 unspecified atom stereocenters. The van der Waals surface area contributed by atoms with Gasteiger partial charge in [0.1, 0.15) is 18.7 Å². The zero-order chi connectivity index (χ0) is 23.9. The van der Waals surface area contributed by atoms with E-state index < -0.39 is 6.04 Å². The molecule has 174 valence electrons. The first-order valence-corrected chi connectivity index (χ1v) is 11.4. The molecule has 0 spiro atoms. The smallest absolute Gasteiger partial charge is 0.243 e. The molecule has 1 heterocycles. The molecular formula is C27H29N5O2. The van der Waals surface area contributed by atoms with Crippen LogP contribution >= 0.6 is 0 Å². The number of benzene rings is 3. The Morgan fingerprint density at radius 2 is 1.68 bits per heavy atom. The molecule has 2 amide bonds. The fraction of sp³-hybridized carbons (Fsp3) is 0.259. The average molecular weight is 456 g/mol. The van der Waals surface area contributed by atoms with E-state index in [1.807, 2.05) is 80.6 Å². The number of carbonyl (C=O) groups excluding carboxylic acids is 2. The highest BCUT2D eigenvalue weighted by Gasteiger charge is 2.24. The van der Waals surface area contributed by atoms with Crippen LogP contribution in [0.4, 0.5) is 0 Å². The lowest BCUT2D eigenvalue weighted by Crippen LogP contribution is -2.50. The van der Waals surface area contributed by atoms with Gasteiger partial charge in [-0.25, -0.2) is 9.67 Å². The molecule has 7 heteroatoms. The third-order valence-electron chi connectivity index (χ3n) is 5.81. The minimum atomic E-state index is -0.615. The van der Waals surface area contributed by atoms with Gasteiger partial charge in [0, 0.05) is 6.54 Å². The number of rotatable bonds is 9. The molecule has 0 bridgehead atoms. The highest BCUT2D eigenvalue weighted by Crippen LogP contribution is 2.16. The predicted molar refractivity (Wildman–Crippen MR) is 132 cm³/mol. The summed E-state index contributed by atoms with van der Waals surface area (Å²) in [5.41, 5.74) is 2.97. The summed E-state index contributed by atoms with van der Waals surface area (Å²) in [5, 5.41) is 12.3. The van der Waals surface area contributed by atoms with Crippen molar-refractivity contribution in [2.24, 2.45) is 5.92 Å². The van der Waals surface area contributed by atoms with Gasteiger partial charge in [0.25, 0.3) is 0 Å². The molecule has 4 rings (SSSR count). The van der Waals surface area contributed by atoms with Crippen molar-refractivity contribution >= 4 is 22.6 Å². The van der Waals surface area contributed by atoms with Crippen LogP contribution in [0.15, 0.2) is 79.4 Å². The van der Waals surface area contributed by atoms with E-state index in [1.54, 1.807) is 11.0 Å². The van der Waals surface area contributed by atoms with Gasteiger partial charge in [-0.05, 0) is 33.4 Å². The number of aromatic nitrogens is 3. The SMILES string of the molecule is CC(C)C(NC(=O)Cc1ccc2ccccc2c1)C(=O)NCc1ccccc1Cn1cncn1. The molecule has 0 aliphatic rings. The highest BCUT2D eigenvalue weighted by atomic mass is 16.2. The third kappa shape index (κ3) is 5.86. The molecular weight excluding hydrogens is 426 g/mol. The fourth-order valence-corrected chi connectivity index (χ4v) is 3.96. The van der Waals surface area contributed by atoms with Gasteiger partial charge < -0.3 is 10.6 Å². The second kappa shape index (κ2) is 10.7. The quantitative estimate of drug-likeness (QED) is 0.404. The Balaban J connectivity index is 1.37. The maximum absolute atomic E-state index is 13.0. The number of nitrogens with zero attached hydrogens (tertiary/aromatic N) is 3. The maximum Gasteiger partial charge on any atom is 0.243 e. The van der Waals surface area contributed by atoms with Crippen molar-refractivity contribution in [2.75, 3.05) is 0 Å². The van der Waals surface area contributed by atoms with Crippen molar-refractivity contribution in [3.63, 3.8) is 0 Å². The first kappa shape index (κ1) is 23.2. The molecule has 1 aromatic heterocycles. The van der Waals surface area contributed by atoms with Gasteiger partial charge in [-0.3, -0.25) is 9.59 Å². The Morgan fingerprint density at radius 3 is 2.41 bits per heavy atom. The van der Waals surface area contributed by atoms with Crippen LogP contribution in [0.1, 0.15) is 30.5 Å². The Morgan fingerprint density at radius 1 is 0.941 bits per heavy atom. The van der Waals surface area contributed by atoms with E-state index in [9.17, 15) is 9.59 Å². The molecule has 0 radical (unpaired) electrons. The largest absolute Gasteiger partial charge is 0.350 e. The highest BCUT2D eigenvalue weighted by molar-refractivity contribution is 5.89. The summed E-state index contributed by atoms with van der Waals surface area (Å²) in [6.07, 6.45) is 3.38. The van der Waals surface area contributed by atoms with Gasteiger partial charge in [-0.2, -0.15) is 5.10 Å². The maximum atomic E-state index is 13.0. The summed E-state index contributed by atoms with van der Waals surface area (Å²) < 4.78 is 1.74. The Bertz CT molecular complexity index is 1270. The zero-order valence-electron chi connectivity index (χ0n) is 19.4. The fourth-order valence-electron chi connectivity index (χ4n) is 3.96. The van der Waals surface area contributed by atoms with Crippen molar-refractivity contribution in [3.05, 3.63) is 96.1 Å². The van der Waals surface area contributed by atoms with Crippen LogP contribution < -0.4 is 10.6 Å². The lowest BCUT2D eigenvalue weighted by Gasteiger charge is -2.22. The van der Waals surface area contributed by atoms with Crippen LogP contribution in [0, 0.1) is 5.92 Å². The summed E-state index contributed by atoms with van der Waals surface area (Å²) in [6, 6.07) is 21.3. The molecule has 1 atom stereocenters. The van der Waals surface area contributed by atoms with E-state index in [4.69, 9.17) is 0 Å². The molecule has 2 N–H and O–H groups in total. The van der Waals surface area contributed by atoms with Crippen LogP contribution in [0.3, 0.4) is 0 Å². The van der Waals surface area contributed by atoms with Crippen LogP contribution in [-0.4, -0.2) is 32.6 Å². The standard InChI is InChI=1S/C27H29N5O2/c1-19(2)26(31-25(33)14-20-11-12-21-7-3-4-8-22(21)13-20)27(34)29-15-23-9-5-6-10-24(23)16-32-18-28-17-30-32/h3-13,17-19,26H,14-16H2,1-2H3,(H,29,34)(H,31,33). The molecule has 0 aliphatic carbocycles. The van der Waals surface area contributed by atoms with Crippen molar-refractivity contribution in [1.82, 2.24) is 25.4 Å². The monoisotopic (exact) mass is 455 g/mol. The van der Waals surface area contributed by atoms with Gasteiger partial charge >= 0.3 is 0 Å². The molecule has 4 aromatic rings. The number of fused-ring (bicyclic) bond motifs is 1. The van der Waals surface area contributed by atoms with E-state index >= 15 is 0 Å². The number of carbonyl (C=O) groups is 2. The summed E-state index contributed by atoms with van der Waals surface area (Å²) >= 11 is 0. The first-order valence-electron chi connectivity index (χ1n) is 11.4. The summed E-state index contributed by atoms with van der Waals surface area (Å²) in [4.78, 5) is 29.7. The number of nitrogens with one attached hydrogen (secondary N) is 2.